The van der Waals surface area contributed by atoms with Crippen molar-refractivity contribution in [3.8, 4) is 11.3 Å². The largest absolute Gasteiger partial charge is 0.295 e. The summed E-state index contributed by atoms with van der Waals surface area (Å²) in [5.41, 5.74) is 1.44. The number of thiazole rings is 1. The highest BCUT2D eigenvalue weighted by molar-refractivity contribution is 7.13. The molecule has 0 spiro atoms. The van der Waals surface area contributed by atoms with Crippen LogP contribution < -0.4 is 0 Å². The third-order valence-electron chi connectivity index (χ3n) is 2.23. The van der Waals surface area contributed by atoms with Crippen LogP contribution in [0.4, 0.5) is 4.39 Å². The predicted octanol–water partition coefficient (Wildman–Crippen LogP) is 3.32. The smallest absolute Gasteiger partial charge is 0.178 e. The Bertz CT molecular complexity index is 521. The van der Waals surface area contributed by atoms with Gasteiger partial charge in [0, 0.05) is 10.4 Å². The lowest BCUT2D eigenvalue weighted by Gasteiger charge is -1.99. The molecule has 0 unspecified atom stereocenters. The van der Waals surface area contributed by atoms with Crippen LogP contribution in [0.15, 0.2) is 24.3 Å². The molecule has 0 amide bonds. The normalized spacial score (nSPS) is 10.4. The molecule has 2 aromatic rings. The second-order valence-corrected chi connectivity index (χ2v) is 4.42. The van der Waals surface area contributed by atoms with Crippen LogP contribution in [-0.2, 0) is 6.42 Å². The van der Waals surface area contributed by atoms with Crippen molar-refractivity contribution in [2.24, 2.45) is 0 Å². The minimum atomic E-state index is -0.291. The van der Waals surface area contributed by atoms with E-state index in [1.54, 1.807) is 12.1 Å². The van der Waals surface area contributed by atoms with Crippen LogP contribution in [0.25, 0.3) is 11.3 Å². The SMILES string of the molecule is CCc1sc(C=O)nc1-c1cccc(F)c1. The maximum atomic E-state index is 13.1. The van der Waals surface area contributed by atoms with E-state index in [1.807, 2.05) is 6.92 Å². The Kier molecular flexibility index (Phi) is 3.10. The molecule has 1 heterocycles. The molecule has 4 heteroatoms. The van der Waals surface area contributed by atoms with Crippen LogP contribution >= 0.6 is 11.3 Å². The predicted molar refractivity (Wildman–Crippen MR) is 62.3 cm³/mol. The maximum absolute atomic E-state index is 13.1. The molecular formula is C12H10FNOS. The summed E-state index contributed by atoms with van der Waals surface area (Å²) >= 11 is 1.36. The summed E-state index contributed by atoms with van der Waals surface area (Å²) in [4.78, 5) is 15.9. The van der Waals surface area contributed by atoms with Crippen molar-refractivity contribution >= 4 is 17.6 Å². The first-order chi connectivity index (χ1) is 7.74. The molecule has 16 heavy (non-hydrogen) atoms. The van der Waals surface area contributed by atoms with Crippen molar-refractivity contribution in [3.63, 3.8) is 0 Å². The van der Waals surface area contributed by atoms with Crippen LogP contribution in [0.1, 0.15) is 21.6 Å². The van der Waals surface area contributed by atoms with Gasteiger partial charge >= 0.3 is 0 Å². The van der Waals surface area contributed by atoms with Crippen molar-refractivity contribution < 1.29 is 9.18 Å². The van der Waals surface area contributed by atoms with Crippen molar-refractivity contribution in [3.05, 3.63) is 40.0 Å². The second kappa shape index (κ2) is 4.53. The summed E-state index contributed by atoms with van der Waals surface area (Å²) in [6, 6.07) is 6.26. The number of hydrogen-bond acceptors (Lipinski definition) is 3. The fourth-order valence-corrected chi connectivity index (χ4v) is 2.36. The van der Waals surface area contributed by atoms with Crippen LogP contribution in [0.5, 0.6) is 0 Å². The van der Waals surface area contributed by atoms with Crippen LogP contribution in [0.3, 0.4) is 0 Å². The summed E-state index contributed by atoms with van der Waals surface area (Å²) in [5, 5.41) is 0.441. The number of aldehydes is 1. The standard InChI is InChI=1S/C12H10FNOS/c1-2-10-12(14-11(7-15)16-10)8-4-3-5-9(13)6-8/h3-7H,2H2,1H3. The lowest BCUT2D eigenvalue weighted by Crippen LogP contribution is -1.85. The Hall–Kier alpha value is -1.55. The molecule has 2 rings (SSSR count). The fraction of sp³-hybridized carbons (Fsp3) is 0.167. The molecule has 0 fully saturated rings. The number of hydrogen-bond donors (Lipinski definition) is 0. The van der Waals surface area contributed by atoms with Crippen molar-refractivity contribution in [1.82, 2.24) is 4.98 Å². The number of aromatic nitrogens is 1. The zero-order chi connectivity index (χ0) is 11.5. The van der Waals surface area contributed by atoms with E-state index in [9.17, 15) is 9.18 Å². The number of nitrogens with zero attached hydrogens (tertiary/aromatic N) is 1. The lowest BCUT2D eigenvalue weighted by molar-refractivity contribution is 0.112. The van der Waals surface area contributed by atoms with E-state index < -0.39 is 0 Å². The zero-order valence-electron chi connectivity index (χ0n) is 8.74. The van der Waals surface area contributed by atoms with Gasteiger partial charge in [-0.1, -0.05) is 19.1 Å². The van der Waals surface area contributed by atoms with E-state index in [4.69, 9.17) is 0 Å². The summed E-state index contributed by atoms with van der Waals surface area (Å²) in [6.07, 6.45) is 1.52. The highest BCUT2D eigenvalue weighted by Gasteiger charge is 2.11. The van der Waals surface area contributed by atoms with Crippen molar-refractivity contribution in [2.45, 2.75) is 13.3 Å². The highest BCUT2D eigenvalue weighted by atomic mass is 32.1. The Balaban J connectivity index is 2.54. The summed E-state index contributed by atoms with van der Waals surface area (Å²) in [5.74, 6) is -0.291. The topological polar surface area (TPSA) is 30.0 Å². The minimum absolute atomic E-state index is 0.291. The third-order valence-corrected chi connectivity index (χ3v) is 3.36. The maximum Gasteiger partial charge on any atom is 0.178 e. The zero-order valence-corrected chi connectivity index (χ0v) is 9.55. The van der Waals surface area contributed by atoms with Gasteiger partial charge in [-0.05, 0) is 18.6 Å². The average Bonchev–Trinajstić information content (AvgIpc) is 2.72. The Morgan fingerprint density at radius 3 is 2.94 bits per heavy atom. The number of aryl methyl sites for hydroxylation is 1. The Labute approximate surface area is 96.8 Å². The first kappa shape index (κ1) is 11.0. The molecule has 0 bridgehead atoms. The van der Waals surface area contributed by atoms with Gasteiger partial charge in [-0.3, -0.25) is 4.79 Å². The second-order valence-electron chi connectivity index (χ2n) is 3.31. The summed E-state index contributed by atoms with van der Waals surface area (Å²) in [6.45, 7) is 1.99. The van der Waals surface area contributed by atoms with E-state index >= 15 is 0 Å². The first-order valence-corrected chi connectivity index (χ1v) is 5.77. The van der Waals surface area contributed by atoms with Gasteiger partial charge in [-0.25, -0.2) is 9.37 Å². The number of rotatable bonds is 3. The van der Waals surface area contributed by atoms with Gasteiger partial charge in [-0.2, -0.15) is 0 Å². The molecule has 0 atom stereocenters. The Morgan fingerprint density at radius 1 is 1.50 bits per heavy atom. The van der Waals surface area contributed by atoms with E-state index in [1.165, 1.54) is 23.5 Å². The monoisotopic (exact) mass is 235 g/mol. The van der Waals surface area contributed by atoms with Gasteiger partial charge in [0.1, 0.15) is 5.82 Å². The van der Waals surface area contributed by atoms with Crippen LogP contribution in [-0.4, -0.2) is 11.3 Å². The summed E-state index contributed by atoms with van der Waals surface area (Å²) < 4.78 is 13.1. The molecule has 0 aliphatic rings. The Morgan fingerprint density at radius 2 is 2.31 bits per heavy atom. The number of halogens is 1. The number of carbonyl (C=O) groups is 1. The van der Waals surface area contributed by atoms with Gasteiger partial charge < -0.3 is 0 Å². The third kappa shape index (κ3) is 2.02. The van der Waals surface area contributed by atoms with Gasteiger partial charge in [0.2, 0.25) is 0 Å². The minimum Gasteiger partial charge on any atom is -0.295 e. The van der Waals surface area contributed by atoms with Crippen molar-refractivity contribution in [2.75, 3.05) is 0 Å². The molecule has 1 aromatic carbocycles. The molecule has 0 aliphatic carbocycles. The molecule has 2 nitrogen and oxygen atoms in total. The van der Waals surface area contributed by atoms with Crippen molar-refractivity contribution in [1.29, 1.82) is 0 Å². The summed E-state index contributed by atoms with van der Waals surface area (Å²) in [7, 11) is 0. The van der Waals surface area contributed by atoms with E-state index in [0.29, 0.717) is 10.7 Å². The number of benzene rings is 1. The molecule has 0 saturated heterocycles. The van der Waals surface area contributed by atoms with Gasteiger partial charge in [0.25, 0.3) is 0 Å². The quantitative estimate of drug-likeness (QED) is 0.764. The van der Waals surface area contributed by atoms with Crippen LogP contribution in [0, 0.1) is 5.82 Å². The first-order valence-electron chi connectivity index (χ1n) is 4.95. The molecule has 0 N–H and O–H groups in total. The van der Waals surface area contributed by atoms with Crippen LogP contribution in [0.2, 0.25) is 0 Å². The molecule has 0 saturated carbocycles. The fourth-order valence-electron chi connectivity index (χ4n) is 1.52. The molecule has 0 radical (unpaired) electrons. The molecule has 0 aliphatic heterocycles. The molecular weight excluding hydrogens is 225 g/mol. The van der Waals surface area contributed by atoms with Gasteiger partial charge in [0.15, 0.2) is 11.3 Å². The van der Waals surface area contributed by atoms with Gasteiger partial charge in [0.05, 0.1) is 5.69 Å². The molecule has 82 valence electrons. The molecule has 1 aromatic heterocycles. The van der Waals surface area contributed by atoms with E-state index in [-0.39, 0.29) is 5.82 Å². The van der Waals surface area contributed by atoms with Gasteiger partial charge in [-0.15, -0.1) is 11.3 Å². The van der Waals surface area contributed by atoms with E-state index in [0.717, 1.165) is 23.1 Å². The highest BCUT2D eigenvalue weighted by Crippen LogP contribution is 2.28. The number of carbonyl (C=O) groups excluding carboxylic acids is 1. The lowest BCUT2D eigenvalue weighted by atomic mass is 10.1. The average molecular weight is 235 g/mol. The van der Waals surface area contributed by atoms with E-state index in [2.05, 4.69) is 4.98 Å².